The first-order valence-electron chi connectivity index (χ1n) is 4.72. The minimum absolute atomic E-state index is 0.0764. The van der Waals surface area contributed by atoms with Crippen molar-refractivity contribution in [3.8, 4) is 0 Å². The van der Waals surface area contributed by atoms with Gasteiger partial charge in [-0.2, -0.15) is 0 Å². The summed E-state index contributed by atoms with van der Waals surface area (Å²) in [5.74, 6) is 0. The van der Waals surface area contributed by atoms with Gasteiger partial charge in [-0.1, -0.05) is 52.4 Å². The second-order valence-electron chi connectivity index (χ2n) is 3.00. The summed E-state index contributed by atoms with van der Waals surface area (Å²) >= 11 is -0.0764. The number of rotatable bonds is 5. The van der Waals surface area contributed by atoms with Crippen molar-refractivity contribution in [1.29, 1.82) is 0 Å². The van der Waals surface area contributed by atoms with Crippen molar-refractivity contribution in [2.45, 2.75) is 52.4 Å². The van der Waals surface area contributed by atoms with Crippen LogP contribution >= 0.6 is 0 Å². The summed E-state index contributed by atoms with van der Waals surface area (Å²) in [5, 5.41) is 0. The zero-order chi connectivity index (χ0) is 10.7. The summed E-state index contributed by atoms with van der Waals surface area (Å²) in [7, 11) is -3.54. The van der Waals surface area contributed by atoms with Crippen LogP contribution < -0.4 is 0 Å². The maximum absolute atomic E-state index is 9.24. The van der Waals surface area contributed by atoms with Crippen molar-refractivity contribution in [3.05, 3.63) is 0 Å². The predicted molar refractivity (Wildman–Crippen MR) is 50.6 cm³/mol. The van der Waals surface area contributed by atoms with Gasteiger partial charge >= 0.3 is 38.2 Å². The summed E-state index contributed by atoms with van der Waals surface area (Å²) in [6.07, 6.45) is 8.49. The third kappa shape index (κ3) is 45.4. The molecule has 3 nitrogen and oxygen atoms in total. The molecule has 0 heterocycles. The second kappa shape index (κ2) is 10.6. The fourth-order valence-corrected chi connectivity index (χ4v) is 0.854. The van der Waals surface area contributed by atoms with E-state index in [4.69, 9.17) is 4.55 Å². The van der Waals surface area contributed by atoms with Crippen molar-refractivity contribution in [2.24, 2.45) is 0 Å². The molecular formula is C8H19O3SZn. The Hall–Kier alpha value is 0.533. The Balaban J connectivity index is 0. The third-order valence-corrected chi connectivity index (χ3v) is 1.46. The number of hydrogen-bond acceptors (Lipinski definition) is 2. The van der Waals surface area contributed by atoms with Crippen molar-refractivity contribution >= 4 is 8.11 Å². The van der Waals surface area contributed by atoms with Gasteiger partial charge < -0.3 is 0 Å². The molecule has 0 aromatic rings. The van der Waals surface area contributed by atoms with Crippen LogP contribution in [-0.2, 0) is 25.2 Å². The van der Waals surface area contributed by atoms with E-state index in [0.717, 1.165) is 0 Å². The Kier molecular flexibility index (Phi) is 13.0. The van der Waals surface area contributed by atoms with Gasteiger partial charge in [-0.3, -0.25) is 0 Å². The van der Waals surface area contributed by atoms with Gasteiger partial charge in [0, 0.05) is 0 Å². The van der Waals surface area contributed by atoms with E-state index in [1.54, 1.807) is 0 Å². The zero-order valence-electron chi connectivity index (χ0n) is 8.62. The van der Waals surface area contributed by atoms with Gasteiger partial charge in [0.15, 0.2) is 0 Å². The van der Waals surface area contributed by atoms with Gasteiger partial charge in [-0.05, 0) is 0 Å². The number of unbranched alkanes of at least 4 members (excludes halogenated alkanes) is 5. The Morgan fingerprint density at radius 2 is 1.23 bits per heavy atom. The van der Waals surface area contributed by atoms with E-state index in [-0.39, 0.29) is 17.1 Å². The molecule has 0 radical (unpaired) electrons. The van der Waals surface area contributed by atoms with E-state index < -0.39 is 8.11 Å². The first-order valence-corrected chi connectivity index (χ1v) is 9.96. The van der Waals surface area contributed by atoms with Gasteiger partial charge in [-0.25, -0.2) is 0 Å². The Bertz CT molecular complexity index is 164. The normalized spacial score (nSPS) is 10.5. The zero-order valence-corrected chi connectivity index (χ0v) is 12.4. The van der Waals surface area contributed by atoms with Gasteiger partial charge in [-0.15, -0.1) is 0 Å². The van der Waals surface area contributed by atoms with Gasteiger partial charge in [0.1, 0.15) is 0 Å². The molecule has 0 spiro atoms. The average molecular weight is 261 g/mol. The molecule has 0 fully saturated rings. The summed E-state index contributed by atoms with van der Waals surface area (Å²) in [6.45, 7) is 4.51. The topological polar surface area (TPSA) is 54.4 Å². The molecule has 0 saturated carbocycles. The third-order valence-electron chi connectivity index (χ3n) is 1.46. The fraction of sp³-hybridized carbons (Fsp3) is 1.00. The van der Waals surface area contributed by atoms with Crippen LogP contribution in [0.25, 0.3) is 0 Å². The Morgan fingerprint density at radius 3 is 1.38 bits per heavy atom. The quantitative estimate of drug-likeness (QED) is 0.470. The summed E-state index contributed by atoms with van der Waals surface area (Å²) < 4.78 is 26.0. The average Bonchev–Trinajstić information content (AvgIpc) is 1.95. The maximum atomic E-state index is 9.24. The standard InChI is InChI=1S/C8H18.HO3S.Zn/c1-3-5-7-8-6-4-2;1-4(2)3;/h3-8H2,1-2H3;(H,1,2,3);. The number of hydrogen-bond donors (Lipinski definition) is 1. The van der Waals surface area contributed by atoms with Crippen molar-refractivity contribution in [1.82, 2.24) is 0 Å². The van der Waals surface area contributed by atoms with Crippen LogP contribution in [0.1, 0.15) is 52.4 Å². The second-order valence-corrected chi connectivity index (χ2v) is 8.75. The summed E-state index contributed by atoms with van der Waals surface area (Å²) in [5.41, 5.74) is 0. The molecule has 5 heteroatoms. The van der Waals surface area contributed by atoms with Gasteiger partial charge in [0.05, 0.1) is 0 Å². The molecule has 0 aliphatic rings. The molecule has 0 aromatic carbocycles. The van der Waals surface area contributed by atoms with Crippen molar-refractivity contribution < 1.29 is 30.1 Å². The fourth-order valence-electron chi connectivity index (χ4n) is 0.854. The Labute approximate surface area is 90.6 Å². The van der Waals surface area contributed by atoms with Crippen LogP contribution in [0, 0.1) is 0 Å². The van der Waals surface area contributed by atoms with Crippen LogP contribution in [0.4, 0.5) is 0 Å². The van der Waals surface area contributed by atoms with Crippen LogP contribution in [-0.4, -0.2) is 13.0 Å². The molecule has 0 unspecified atom stereocenters. The Morgan fingerprint density at radius 1 is 1.00 bits per heavy atom. The first kappa shape index (κ1) is 16.0. The van der Waals surface area contributed by atoms with E-state index in [1.165, 1.54) is 38.5 Å². The molecule has 77 valence electrons. The van der Waals surface area contributed by atoms with E-state index in [2.05, 4.69) is 13.8 Å². The molecular weight excluding hydrogens is 242 g/mol. The van der Waals surface area contributed by atoms with Gasteiger partial charge in [0.2, 0.25) is 0 Å². The molecule has 0 aliphatic carbocycles. The van der Waals surface area contributed by atoms with Crippen LogP contribution in [0.2, 0.25) is 0 Å². The molecule has 0 amide bonds. The monoisotopic (exact) mass is 259 g/mol. The molecule has 0 atom stereocenters. The van der Waals surface area contributed by atoms with Crippen LogP contribution in [0.15, 0.2) is 0 Å². The van der Waals surface area contributed by atoms with Crippen LogP contribution in [0.5, 0.6) is 0 Å². The molecule has 0 aliphatic heterocycles. The first-order chi connectivity index (χ1) is 5.91. The van der Waals surface area contributed by atoms with Crippen LogP contribution in [0.3, 0.4) is 0 Å². The molecule has 1 N–H and O–H groups in total. The van der Waals surface area contributed by atoms with Crippen molar-refractivity contribution in [3.63, 3.8) is 0 Å². The van der Waals surface area contributed by atoms with Crippen molar-refractivity contribution in [2.75, 3.05) is 0 Å². The SMILES string of the molecule is CCCCCCCC.O=[S](=O)(O)[Zn]. The molecule has 0 rings (SSSR count). The van der Waals surface area contributed by atoms with E-state index in [0.29, 0.717) is 0 Å². The molecule has 0 saturated heterocycles. The van der Waals surface area contributed by atoms with Gasteiger partial charge in [0.25, 0.3) is 0 Å². The van der Waals surface area contributed by atoms with E-state index in [9.17, 15) is 8.42 Å². The van der Waals surface area contributed by atoms with E-state index >= 15 is 0 Å². The summed E-state index contributed by atoms with van der Waals surface area (Å²) in [4.78, 5) is 0. The molecule has 0 aromatic heterocycles. The molecule has 0 bridgehead atoms. The van der Waals surface area contributed by atoms with E-state index in [1.807, 2.05) is 0 Å². The summed E-state index contributed by atoms with van der Waals surface area (Å²) in [6, 6.07) is 0. The minimum atomic E-state index is -3.54. The molecule has 13 heavy (non-hydrogen) atoms. The predicted octanol–water partition coefficient (Wildman–Crippen LogP) is 2.70.